The summed E-state index contributed by atoms with van der Waals surface area (Å²) in [6.45, 7) is 17.2. The van der Waals surface area contributed by atoms with Crippen molar-refractivity contribution in [2.75, 3.05) is 26.2 Å². The van der Waals surface area contributed by atoms with Crippen molar-refractivity contribution in [1.82, 2.24) is 5.32 Å². The summed E-state index contributed by atoms with van der Waals surface area (Å²) >= 11 is 0. The van der Waals surface area contributed by atoms with E-state index < -0.39 is 0 Å². The summed E-state index contributed by atoms with van der Waals surface area (Å²) < 4.78 is 1.12. The molecule has 1 aromatic carbocycles. The monoisotopic (exact) mass is 573 g/mol. The molecule has 232 valence electrons. The van der Waals surface area contributed by atoms with Crippen molar-refractivity contribution in [2.24, 2.45) is 46.3 Å². The minimum atomic E-state index is 0.279. The third kappa shape index (κ3) is 5.78. The summed E-state index contributed by atoms with van der Waals surface area (Å²) in [6.07, 6.45) is 21.0. The number of likely N-dealkylation sites (tertiary alicyclic amines) is 1. The molecule has 1 aromatic rings. The third-order valence-electron chi connectivity index (χ3n) is 14.3. The number of carbonyl (C=O) groups is 1. The van der Waals surface area contributed by atoms with Crippen LogP contribution in [0.3, 0.4) is 0 Å². The first kappa shape index (κ1) is 30.4. The zero-order valence-corrected chi connectivity index (χ0v) is 27.3. The minimum absolute atomic E-state index is 0.279. The average molecular weight is 574 g/mol. The van der Waals surface area contributed by atoms with E-state index in [0.29, 0.717) is 23.2 Å². The van der Waals surface area contributed by atoms with Crippen molar-refractivity contribution >= 4 is 12.0 Å². The van der Waals surface area contributed by atoms with Gasteiger partial charge in [0.15, 0.2) is 0 Å². The van der Waals surface area contributed by atoms with Gasteiger partial charge in [0.05, 0.1) is 26.2 Å². The Morgan fingerprint density at radius 1 is 0.952 bits per heavy atom. The summed E-state index contributed by atoms with van der Waals surface area (Å²) in [4.78, 5) is 13.1. The molecule has 0 spiro atoms. The maximum atomic E-state index is 13.1. The van der Waals surface area contributed by atoms with E-state index in [2.05, 4.69) is 56.9 Å². The first-order valence-corrected chi connectivity index (χ1v) is 18.1. The summed E-state index contributed by atoms with van der Waals surface area (Å²) in [5.41, 5.74) is 3.73. The molecule has 5 aliphatic rings. The fourth-order valence-electron chi connectivity index (χ4n) is 12.0. The molecule has 6 rings (SSSR count). The number of fused-ring (bicyclic) bond motifs is 5. The van der Waals surface area contributed by atoms with Crippen LogP contribution in [0.25, 0.3) is 6.08 Å². The summed E-state index contributed by atoms with van der Waals surface area (Å²) in [7, 11) is 0. The Hall–Kier alpha value is -1.61. The molecule has 1 amide bonds. The highest BCUT2D eigenvalue weighted by Gasteiger charge is 2.60. The highest BCUT2D eigenvalue weighted by molar-refractivity contribution is 5.75. The fourth-order valence-corrected chi connectivity index (χ4v) is 12.0. The van der Waals surface area contributed by atoms with Crippen LogP contribution in [0.5, 0.6) is 0 Å². The molecule has 0 aromatic heterocycles. The first-order valence-electron chi connectivity index (χ1n) is 18.1. The summed E-state index contributed by atoms with van der Waals surface area (Å²) in [5, 5.41) is 3.35. The molecule has 1 aliphatic heterocycles. The van der Waals surface area contributed by atoms with E-state index in [-0.39, 0.29) is 5.91 Å². The van der Waals surface area contributed by atoms with Crippen LogP contribution in [-0.4, -0.2) is 36.6 Å². The molecule has 5 fully saturated rings. The SMILES string of the molecule is C=Cc1ccc(C[N+]2(CCNC(=O)CC[C@@H](C)[C@H]3CC[C@H]4[C@@H]5CCC6CCCC[C@]6(C)[C@H]5CC[C@]34C)CCCC2)cc1. The van der Waals surface area contributed by atoms with Crippen molar-refractivity contribution in [3.63, 3.8) is 0 Å². The Morgan fingerprint density at radius 3 is 2.48 bits per heavy atom. The Balaban J connectivity index is 0.985. The third-order valence-corrected chi connectivity index (χ3v) is 14.3. The van der Waals surface area contributed by atoms with Gasteiger partial charge in [-0.15, -0.1) is 0 Å². The zero-order valence-electron chi connectivity index (χ0n) is 27.3. The molecule has 1 unspecified atom stereocenters. The quantitative estimate of drug-likeness (QED) is 0.278. The van der Waals surface area contributed by atoms with Gasteiger partial charge in [-0.3, -0.25) is 4.79 Å². The molecule has 42 heavy (non-hydrogen) atoms. The zero-order chi connectivity index (χ0) is 29.4. The van der Waals surface area contributed by atoms with Crippen LogP contribution in [0, 0.1) is 46.3 Å². The molecule has 8 atom stereocenters. The lowest BCUT2D eigenvalue weighted by Crippen LogP contribution is -2.53. The number of rotatable bonds is 10. The van der Waals surface area contributed by atoms with Gasteiger partial charge in [-0.1, -0.05) is 70.5 Å². The van der Waals surface area contributed by atoms with Crippen LogP contribution >= 0.6 is 0 Å². The highest BCUT2D eigenvalue weighted by atomic mass is 16.1. The Morgan fingerprint density at radius 2 is 1.71 bits per heavy atom. The number of hydrogen-bond acceptors (Lipinski definition) is 1. The Bertz CT molecular complexity index is 1090. The topological polar surface area (TPSA) is 29.1 Å². The second kappa shape index (κ2) is 12.4. The number of hydrogen-bond donors (Lipinski definition) is 1. The van der Waals surface area contributed by atoms with Crippen molar-refractivity contribution in [3.8, 4) is 0 Å². The standard InChI is InChI=1S/C39H60N2O/c1-5-30-12-14-31(15-13-30)28-41(25-8-9-26-41)27-24-40-37(42)20-11-29(2)34-18-19-35-33-17-16-32-10-6-7-22-38(32,3)36(33)21-23-39(34,35)4/h5,12-15,29,32-36H,1,6-11,16-28H2,2-4H3/p+1/t29-,32?,33+,34-,35+,36+,38+,39-/m1/s1. The highest BCUT2D eigenvalue weighted by Crippen LogP contribution is 2.68. The Labute approximate surface area is 257 Å². The van der Waals surface area contributed by atoms with E-state index in [1.54, 1.807) is 0 Å². The van der Waals surface area contributed by atoms with Crippen LogP contribution in [-0.2, 0) is 11.3 Å². The number of amides is 1. The largest absolute Gasteiger partial charge is 0.350 e. The number of benzene rings is 1. The van der Waals surface area contributed by atoms with Crippen LogP contribution in [0.1, 0.15) is 122 Å². The molecule has 4 saturated carbocycles. The molecule has 1 N–H and O–H groups in total. The smallest absolute Gasteiger partial charge is 0.220 e. The van der Waals surface area contributed by atoms with Crippen molar-refractivity contribution < 1.29 is 9.28 Å². The van der Waals surface area contributed by atoms with Gasteiger partial charge in [0.25, 0.3) is 0 Å². The molecule has 1 saturated heterocycles. The van der Waals surface area contributed by atoms with Crippen LogP contribution in [0.2, 0.25) is 0 Å². The van der Waals surface area contributed by atoms with Crippen molar-refractivity contribution in [3.05, 3.63) is 42.0 Å². The van der Waals surface area contributed by atoms with E-state index in [4.69, 9.17) is 0 Å². The van der Waals surface area contributed by atoms with E-state index in [1.165, 1.54) is 101 Å². The maximum Gasteiger partial charge on any atom is 0.220 e. The van der Waals surface area contributed by atoms with Gasteiger partial charge in [0.1, 0.15) is 6.54 Å². The van der Waals surface area contributed by atoms with Crippen LogP contribution < -0.4 is 5.32 Å². The van der Waals surface area contributed by atoms with Crippen LogP contribution in [0.15, 0.2) is 30.8 Å². The van der Waals surface area contributed by atoms with E-state index in [1.807, 2.05) is 6.08 Å². The average Bonchev–Trinajstić information content (AvgIpc) is 3.60. The predicted octanol–water partition coefficient (Wildman–Crippen LogP) is 9.02. The van der Waals surface area contributed by atoms with Gasteiger partial charge in [-0.25, -0.2) is 0 Å². The second-order valence-electron chi connectivity index (χ2n) is 16.3. The lowest BCUT2D eigenvalue weighted by Gasteiger charge is -2.61. The van der Waals surface area contributed by atoms with Gasteiger partial charge >= 0.3 is 0 Å². The van der Waals surface area contributed by atoms with Gasteiger partial charge in [-0.2, -0.15) is 0 Å². The normalized spacial score (nSPS) is 37.7. The van der Waals surface area contributed by atoms with Crippen molar-refractivity contribution in [1.29, 1.82) is 0 Å². The van der Waals surface area contributed by atoms with Gasteiger partial charge in [0, 0.05) is 24.8 Å². The molecular weight excluding hydrogens is 512 g/mol. The minimum Gasteiger partial charge on any atom is -0.350 e. The maximum absolute atomic E-state index is 13.1. The summed E-state index contributed by atoms with van der Waals surface area (Å²) in [6, 6.07) is 8.88. The van der Waals surface area contributed by atoms with Gasteiger partial charge < -0.3 is 9.80 Å². The molecular formula is C39H61N2O+. The second-order valence-corrected chi connectivity index (χ2v) is 16.3. The van der Waals surface area contributed by atoms with E-state index >= 15 is 0 Å². The molecule has 4 aliphatic carbocycles. The first-order chi connectivity index (χ1) is 20.3. The van der Waals surface area contributed by atoms with Crippen LogP contribution in [0.4, 0.5) is 0 Å². The molecule has 1 heterocycles. The fraction of sp³-hybridized carbons (Fsp3) is 0.769. The Kier molecular flexibility index (Phi) is 8.99. The van der Waals surface area contributed by atoms with E-state index in [9.17, 15) is 4.79 Å². The molecule has 0 bridgehead atoms. The summed E-state index contributed by atoms with van der Waals surface area (Å²) in [5.74, 6) is 5.65. The number of nitrogens with zero attached hydrogens (tertiary/aromatic N) is 1. The predicted molar refractivity (Wildman–Crippen MR) is 176 cm³/mol. The van der Waals surface area contributed by atoms with Gasteiger partial charge in [0.2, 0.25) is 5.91 Å². The lowest BCUT2D eigenvalue weighted by atomic mass is 9.44. The van der Waals surface area contributed by atoms with E-state index in [0.717, 1.165) is 60.1 Å². The lowest BCUT2D eigenvalue weighted by molar-refractivity contribution is -0.928. The number of quaternary nitrogens is 1. The van der Waals surface area contributed by atoms with Crippen molar-refractivity contribution in [2.45, 2.75) is 117 Å². The number of nitrogens with one attached hydrogen (secondary N) is 1. The molecule has 3 heteroatoms. The van der Waals surface area contributed by atoms with Gasteiger partial charge in [-0.05, 0) is 110 Å². The molecule has 3 nitrogen and oxygen atoms in total. The number of carbonyl (C=O) groups excluding carboxylic acids is 1. The molecule has 0 radical (unpaired) electrons.